The molecular formula is C49H81N3O13Si. The highest BCUT2D eigenvalue weighted by Crippen LogP contribution is 2.48. The van der Waals surface area contributed by atoms with Gasteiger partial charge in [-0.25, -0.2) is 4.79 Å². The summed E-state index contributed by atoms with van der Waals surface area (Å²) in [5, 5.41) is 16.1. The van der Waals surface area contributed by atoms with E-state index in [0.717, 1.165) is 12.0 Å². The van der Waals surface area contributed by atoms with Crippen molar-refractivity contribution in [2.45, 2.75) is 213 Å². The highest BCUT2D eigenvalue weighted by Gasteiger charge is 2.61. The molecule has 5 unspecified atom stereocenters. The number of hydrogen-bond donors (Lipinski definition) is 1. The fourth-order valence-electron chi connectivity index (χ4n) is 9.20. The van der Waals surface area contributed by atoms with Gasteiger partial charge in [-0.05, 0) is 72.7 Å². The van der Waals surface area contributed by atoms with Crippen molar-refractivity contribution in [2.75, 3.05) is 13.2 Å². The molecule has 0 spiro atoms. The number of aliphatic hydroxyl groups is 1. The Hall–Kier alpha value is -2.67. The number of fused-ring (bicyclic) bond motifs is 1. The summed E-state index contributed by atoms with van der Waals surface area (Å²) < 4.78 is 64.9. The van der Waals surface area contributed by atoms with Gasteiger partial charge in [0.2, 0.25) is 0 Å². The quantitative estimate of drug-likeness (QED) is 0.0428. The normalized spacial score (nSPS) is 35.6. The van der Waals surface area contributed by atoms with Crippen molar-refractivity contribution in [2.24, 2.45) is 40.6 Å². The van der Waals surface area contributed by atoms with Crippen LogP contribution in [0.5, 0.6) is 0 Å². The first kappa shape index (κ1) is 54.3. The van der Waals surface area contributed by atoms with Crippen LogP contribution in [0.1, 0.15) is 121 Å². The molecule has 0 bridgehead atoms. The maximum atomic E-state index is 14.5. The second-order valence-electron chi connectivity index (χ2n) is 21.3. The largest absolute Gasteiger partial charge is 0.459 e. The van der Waals surface area contributed by atoms with E-state index in [4.69, 9.17) is 47.1 Å². The predicted molar refractivity (Wildman–Crippen MR) is 249 cm³/mol. The SMILES string of the molecule is CC[C@@H](C)CC(=O)O[C@@H]1C(C)[C@H](OCC2O[C@@H](O[Si](C)(C)C(C)(C)C(C)C)C(N=[N+]=[N-])[C@@H](C)[C@@H]2C)OC(CO[C@]2(C(=O)OCc3ccccc3)C[C@H]3OC(C)(C)O[C@H]3C([C@H](C)CC)O2)[C@H]1O. The van der Waals surface area contributed by atoms with Crippen LogP contribution in [-0.2, 0) is 63.3 Å². The van der Waals surface area contributed by atoms with Gasteiger partial charge in [0.15, 0.2) is 26.7 Å². The third-order valence-corrected chi connectivity index (χ3v) is 20.1. The Balaban J connectivity index is 1.43. The minimum atomic E-state index is -2.47. The fourth-order valence-corrected chi connectivity index (χ4v) is 11.7. The second-order valence-corrected chi connectivity index (χ2v) is 25.8. The van der Waals surface area contributed by atoms with Gasteiger partial charge in [0.05, 0.1) is 37.6 Å². The third-order valence-electron chi connectivity index (χ3n) is 15.6. The van der Waals surface area contributed by atoms with Crippen LogP contribution in [0.15, 0.2) is 35.4 Å². The molecule has 0 aliphatic carbocycles. The summed E-state index contributed by atoms with van der Waals surface area (Å²) in [7, 11) is -2.47. The number of nitrogens with zero attached hydrogens (tertiary/aromatic N) is 3. The minimum Gasteiger partial charge on any atom is -0.459 e. The molecule has 16 atom stereocenters. The monoisotopic (exact) mass is 948 g/mol. The van der Waals surface area contributed by atoms with E-state index >= 15 is 0 Å². The van der Waals surface area contributed by atoms with Gasteiger partial charge in [0.25, 0.3) is 5.79 Å². The molecule has 0 saturated carbocycles. The fraction of sp³-hybridized carbons (Fsp3) is 0.837. The highest BCUT2D eigenvalue weighted by atomic mass is 28.4. The van der Waals surface area contributed by atoms with Crippen LogP contribution < -0.4 is 0 Å². The molecule has 4 saturated heterocycles. The van der Waals surface area contributed by atoms with Crippen molar-refractivity contribution in [1.29, 1.82) is 0 Å². The maximum absolute atomic E-state index is 14.5. The summed E-state index contributed by atoms with van der Waals surface area (Å²) in [6, 6.07) is 8.75. The molecule has 0 radical (unpaired) electrons. The van der Waals surface area contributed by atoms with Gasteiger partial charge < -0.3 is 52.2 Å². The number of rotatable bonds is 20. The van der Waals surface area contributed by atoms with Gasteiger partial charge in [0, 0.05) is 23.7 Å². The molecule has 4 aliphatic rings. The Bertz CT molecular complexity index is 1800. The Morgan fingerprint density at radius 3 is 2.23 bits per heavy atom. The van der Waals surface area contributed by atoms with Crippen LogP contribution in [0.4, 0.5) is 0 Å². The summed E-state index contributed by atoms with van der Waals surface area (Å²) in [5.74, 6) is -4.74. The number of aliphatic hydroxyl groups excluding tert-OH is 1. The number of benzene rings is 1. The molecule has 1 aromatic rings. The van der Waals surface area contributed by atoms with E-state index in [1.54, 1.807) is 6.92 Å². The van der Waals surface area contributed by atoms with Gasteiger partial charge in [-0.1, -0.05) is 124 Å². The van der Waals surface area contributed by atoms with Gasteiger partial charge in [-0.15, -0.1) is 0 Å². The van der Waals surface area contributed by atoms with Crippen molar-refractivity contribution in [3.8, 4) is 0 Å². The maximum Gasteiger partial charge on any atom is 0.367 e. The summed E-state index contributed by atoms with van der Waals surface area (Å²) in [4.78, 5) is 31.1. The van der Waals surface area contributed by atoms with Crippen LogP contribution in [0, 0.1) is 35.5 Å². The molecule has 1 N–H and O–H groups in total. The van der Waals surface area contributed by atoms with Crippen molar-refractivity contribution in [1.82, 2.24) is 0 Å². The number of ether oxygens (including phenoxy) is 9. The number of azide groups is 1. The van der Waals surface area contributed by atoms with Gasteiger partial charge >= 0.3 is 11.9 Å². The second kappa shape index (κ2) is 22.4. The number of hydrogen-bond acceptors (Lipinski definition) is 14. The molecule has 16 nitrogen and oxygen atoms in total. The molecule has 66 heavy (non-hydrogen) atoms. The summed E-state index contributed by atoms with van der Waals surface area (Å²) >= 11 is 0. The Kier molecular flexibility index (Phi) is 18.4. The van der Waals surface area contributed by atoms with Crippen LogP contribution >= 0.6 is 0 Å². The Morgan fingerprint density at radius 2 is 1.61 bits per heavy atom. The molecule has 4 aliphatic heterocycles. The first-order valence-electron chi connectivity index (χ1n) is 24.3. The predicted octanol–water partition coefficient (Wildman–Crippen LogP) is 9.22. The summed E-state index contributed by atoms with van der Waals surface area (Å²) in [5.41, 5.74) is 10.4. The zero-order valence-electron chi connectivity index (χ0n) is 42.3. The third kappa shape index (κ3) is 12.4. The molecule has 1 aromatic carbocycles. The number of carbonyl (C=O) groups excluding carboxylic acids is 2. The lowest BCUT2D eigenvalue weighted by Gasteiger charge is -2.49. The van der Waals surface area contributed by atoms with E-state index in [1.807, 2.05) is 85.7 Å². The molecular weight excluding hydrogens is 867 g/mol. The molecule has 0 amide bonds. The Morgan fingerprint density at radius 1 is 0.939 bits per heavy atom. The molecule has 17 heteroatoms. The topological polar surface area (TPSA) is 195 Å². The highest BCUT2D eigenvalue weighted by molar-refractivity contribution is 6.74. The van der Waals surface area contributed by atoms with Gasteiger partial charge in [-0.2, -0.15) is 0 Å². The summed E-state index contributed by atoms with van der Waals surface area (Å²) in [6.45, 7) is 30.3. The molecule has 5 rings (SSSR count). The first-order valence-corrected chi connectivity index (χ1v) is 27.2. The minimum absolute atomic E-state index is 0.0335. The van der Waals surface area contributed by atoms with E-state index in [1.165, 1.54) is 0 Å². The van der Waals surface area contributed by atoms with E-state index in [9.17, 15) is 20.2 Å². The van der Waals surface area contributed by atoms with Crippen LogP contribution in [-0.4, -0.2) is 112 Å². The zero-order valence-corrected chi connectivity index (χ0v) is 43.3. The molecule has 0 aromatic heterocycles. The zero-order chi connectivity index (χ0) is 48.9. The van der Waals surface area contributed by atoms with E-state index in [-0.39, 0.29) is 61.4 Å². The van der Waals surface area contributed by atoms with E-state index in [0.29, 0.717) is 12.3 Å². The molecule has 4 fully saturated rings. The van der Waals surface area contributed by atoms with Gasteiger partial charge in [0.1, 0.15) is 31.0 Å². The van der Waals surface area contributed by atoms with Gasteiger partial charge in [-0.3, -0.25) is 4.79 Å². The lowest BCUT2D eigenvalue weighted by Crippen LogP contribution is -2.62. The van der Waals surface area contributed by atoms with Crippen LogP contribution in [0.3, 0.4) is 0 Å². The van der Waals surface area contributed by atoms with Crippen LogP contribution in [0.2, 0.25) is 18.1 Å². The number of carbonyl (C=O) groups is 2. The molecule has 4 heterocycles. The van der Waals surface area contributed by atoms with Crippen molar-refractivity contribution >= 4 is 20.3 Å². The lowest BCUT2D eigenvalue weighted by atomic mass is 9.82. The van der Waals surface area contributed by atoms with Crippen molar-refractivity contribution in [3.63, 3.8) is 0 Å². The van der Waals surface area contributed by atoms with Crippen LogP contribution in [0.25, 0.3) is 10.4 Å². The van der Waals surface area contributed by atoms with E-state index < -0.39 is 99.1 Å². The lowest BCUT2D eigenvalue weighted by molar-refractivity contribution is -0.335. The van der Waals surface area contributed by atoms with E-state index in [2.05, 4.69) is 50.8 Å². The summed E-state index contributed by atoms with van der Waals surface area (Å²) in [6.07, 6.45) is -6.03. The van der Waals surface area contributed by atoms with Crippen molar-refractivity contribution < 1.29 is 61.8 Å². The molecule has 374 valence electrons. The number of esters is 2. The Labute approximate surface area is 394 Å². The van der Waals surface area contributed by atoms with Crippen molar-refractivity contribution in [3.05, 3.63) is 46.3 Å². The standard InChI is InChI=1S/C49H81N3O13Si/c1-16-29(5)23-38(53)61-42-33(9)44(56-26-36-31(7)32(8)39(51-52-50)45(59-36)65-66(14,15)47(10,11)28(3)4)60-37(40(42)54)27-58-49(46(55)57-25-34-21-19-18-20-22-34)24-35-43(63-48(12,13)62-35)41(64-49)30(6)17-2/h18-22,28-33,35-37,39-45,54H,16-17,23-27H2,1-15H3/t29-,30-,31+,32+,33?,35-,36?,37?,39?,40-,41?,42-,43-,44-,45+,49-/m1/s1. The smallest absolute Gasteiger partial charge is 0.367 e. The average molecular weight is 948 g/mol. The average Bonchev–Trinajstić information content (AvgIpc) is 3.59. The first-order chi connectivity index (χ1) is 30.9.